The lowest BCUT2D eigenvalue weighted by atomic mass is 10.1. The van der Waals surface area contributed by atoms with Crippen molar-refractivity contribution in [1.82, 2.24) is 0 Å². The second-order valence-corrected chi connectivity index (χ2v) is 5.49. The van der Waals surface area contributed by atoms with Crippen LogP contribution in [0.4, 0.5) is 0 Å². The Kier molecular flexibility index (Phi) is 3.86. The summed E-state index contributed by atoms with van der Waals surface area (Å²) in [5.41, 5.74) is 0.817. The number of hydrogen-bond donors (Lipinski definition) is 1. The molecule has 1 saturated carbocycles. The predicted molar refractivity (Wildman–Crippen MR) is 69.0 cm³/mol. The summed E-state index contributed by atoms with van der Waals surface area (Å²) in [6.45, 7) is 0. The van der Waals surface area contributed by atoms with Gasteiger partial charge in [0.2, 0.25) is 0 Å². The van der Waals surface area contributed by atoms with Gasteiger partial charge in [0.1, 0.15) is 0 Å². The Morgan fingerprint density at radius 3 is 2.53 bits per heavy atom. The third kappa shape index (κ3) is 2.87. The van der Waals surface area contributed by atoms with Gasteiger partial charge in [-0.05, 0) is 42.9 Å². The van der Waals surface area contributed by atoms with Gasteiger partial charge in [0, 0.05) is 5.02 Å². The van der Waals surface area contributed by atoms with Crippen molar-refractivity contribution in [2.24, 2.45) is 11.8 Å². The SMILES string of the molecule is O=C(O)C1CC1CCc1c(Cl)ccc(Cl)c1Cl. The Hall–Kier alpha value is -0.440. The van der Waals surface area contributed by atoms with E-state index in [9.17, 15) is 4.79 Å². The Bertz CT molecular complexity index is 459. The summed E-state index contributed by atoms with van der Waals surface area (Å²) in [6, 6.07) is 3.37. The number of halogens is 3. The summed E-state index contributed by atoms with van der Waals surface area (Å²) >= 11 is 18.0. The van der Waals surface area contributed by atoms with Gasteiger partial charge in [-0.25, -0.2) is 0 Å². The van der Waals surface area contributed by atoms with Gasteiger partial charge in [0.25, 0.3) is 0 Å². The van der Waals surface area contributed by atoms with E-state index in [0.717, 1.165) is 18.4 Å². The first kappa shape index (κ1) is 13.0. The Labute approximate surface area is 114 Å². The molecule has 0 aliphatic heterocycles. The Balaban J connectivity index is 2.01. The molecular formula is C12H11Cl3O2. The largest absolute Gasteiger partial charge is 0.481 e. The van der Waals surface area contributed by atoms with Crippen molar-refractivity contribution >= 4 is 40.8 Å². The summed E-state index contributed by atoms with van der Waals surface area (Å²) in [7, 11) is 0. The van der Waals surface area contributed by atoms with E-state index >= 15 is 0 Å². The minimum atomic E-state index is -0.710. The van der Waals surface area contributed by atoms with Crippen LogP contribution in [0.1, 0.15) is 18.4 Å². The van der Waals surface area contributed by atoms with Crippen LogP contribution >= 0.6 is 34.8 Å². The first-order valence-corrected chi connectivity index (χ1v) is 6.49. The van der Waals surface area contributed by atoms with Crippen molar-refractivity contribution in [3.63, 3.8) is 0 Å². The smallest absolute Gasteiger partial charge is 0.306 e. The third-order valence-electron chi connectivity index (χ3n) is 3.14. The molecule has 0 spiro atoms. The molecule has 2 nitrogen and oxygen atoms in total. The molecule has 0 amide bonds. The number of benzene rings is 1. The summed E-state index contributed by atoms with van der Waals surface area (Å²) in [6.07, 6.45) is 2.22. The molecule has 0 bridgehead atoms. The van der Waals surface area contributed by atoms with Gasteiger partial charge in [-0.15, -0.1) is 0 Å². The normalized spacial score (nSPS) is 22.5. The average Bonchev–Trinajstić information content (AvgIpc) is 3.03. The Morgan fingerprint density at radius 1 is 1.29 bits per heavy atom. The molecule has 2 atom stereocenters. The lowest BCUT2D eigenvalue weighted by molar-refractivity contribution is -0.138. The standard InChI is InChI=1S/C12H11Cl3O2/c13-9-3-4-10(14)11(15)7(9)2-1-6-5-8(6)12(16)17/h3-4,6,8H,1-2,5H2,(H,16,17). The first-order chi connectivity index (χ1) is 8.00. The minimum Gasteiger partial charge on any atom is -0.481 e. The average molecular weight is 294 g/mol. The van der Waals surface area contributed by atoms with Crippen LogP contribution < -0.4 is 0 Å². The fraction of sp³-hybridized carbons (Fsp3) is 0.417. The summed E-state index contributed by atoms with van der Waals surface area (Å²) in [5, 5.41) is 10.4. The number of carboxylic acids is 1. The van der Waals surface area contributed by atoms with Crippen LogP contribution in [0.15, 0.2) is 12.1 Å². The summed E-state index contributed by atoms with van der Waals surface area (Å²) < 4.78 is 0. The zero-order valence-electron chi connectivity index (χ0n) is 8.92. The molecule has 1 aliphatic rings. The number of aliphatic carboxylic acids is 1. The second kappa shape index (κ2) is 5.05. The highest BCUT2D eigenvalue weighted by Crippen LogP contribution is 2.43. The topological polar surface area (TPSA) is 37.3 Å². The molecule has 1 N–H and O–H groups in total. The quantitative estimate of drug-likeness (QED) is 0.840. The molecular weight excluding hydrogens is 282 g/mol. The molecule has 1 aromatic carbocycles. The molecule has 5 heteroatoms. The first-order valence-electron chi connectivity index (χ1n) is 5.36. The Morgan fingerprint density at radius 2 is 1.94 bits per heavy atom. The molecule has 2 rings (SSSR count). The molecule has 0 aromatic heterocycles. The van der Waals surface area contributed by atoms with Gasteiger partial charge >= 0.3 is 5.97 Å². The zero-order chi connectivity index (χ0) is 12.6. The molecule has 2 unspecified atom stereocenters. The van der Waals surface area contributed by atoms with Crippen LogP contribution in [-0.2, 0) is 11.2 Å². The molecule has 17 heavy (non-hydrogen) atoms. The van der Waals surface area contributed by atoms with Crippen LogP contribution in [0.25, 0.3) is 0 Å². The predicted octanol–water partition coefficient (Wildman–Crippen LogP) is 4.30. The lowest BCUT2D eigenvalue weighted by Crippen LogP contribution is -2.00. The van der Waals surface area contributed by atoms with Crippen molar-refractivity contribution in [3.8, 4) is 0 Å². The highest BCUT2D eigenvalue weighted by atomic mass is 35.5. The molecule has 92 valence electrons. The summed E-state index contributed by atoms with van der Waals surface area (Å²) in [5.74, 6) is -0.649. The van der Waals surface area contributed by atoms with Crippen LogP contribution in [0.3, 0.4) is 0 Å². The van der Waals surface area contributed by atoms with Crippen LogP contribution in [-0.4, -0.2) is 11.1 Å². The van der Waals surface area contributed by atoms with E-state index in [0.29, 0.717) is 21.5 Å². The van der Waals surface area contributed by atoms with E-state index in [1.54, 1.807) is 12.1 Å². The fourth-order valence-electron chi connectivity index (χ4n) is 2.00. The van der Waals surface area contributed by atoms with Crippen molar-refractivity contribution in [1.29, 1.82) is 0 Å². The highest BCUT2D eigenvalue weighted by molar-refractivity contribution is 6.44. The maximum absolute atomic E-state index is 10.7. The van der Waals surface area contributed by atoms with Gasteiger partial charge < -0.3 is 5.11 Å². The molecule has 0 heterocycles. The number of carboxylic acid groups (broad SMARTS) is 1. The van der Waals surface area contributed by atoms with Crippen molar-refractivity contribution in [2.45, 2.75) is 19.3 Å². The maximum atomic E-state index is 10.7. The minimum absolute atomic E-state index is 0.188. The lowest BCUT2D eigenvalue weighted by Gasteiger charge is -2.07. The van der Waals surface area contributed by atoms with E-state index in [4.69, 9.17) is 39.9 Å². The monoisotopic (exact) mass is 292 g/mol. The highest BCUT2D eigenvalue weighted by Gasteiger charge is 2.42. The number of hydrogen-bond acceptors (Lipinski definition) is 1. The zero-order valence-corrected chi connectivity index (χ0v) is 11.2. The fourth-order valence-corrected chi connectivity index (χ4v) is 2.73. The number of carbonyl (C=O) groups is 1. The molecule has 0 saturated heterocycles. The van der Waals surface area contributed by atoms with E-state index in [1.165, 1.54) is 0 Å². The van der Waals surface area contributed by atoms with E-state index < -0.39 is 5.97 Å². The van der Waals surface area contributed by atoms with Crippen LogP contribution in [0.2, 0.25) is 15.1 Å². The third-order valence-corrected chi connectivity index (χ3v) is 4.34. The molecule has 1 aliphatic carbocycles. The van der Waals surface area contributed by atoms with Crippen molar-refractivity contribution in [3.05, 3.63) is 32.8 Å². The van der Waals surface area contributed by atoms with Crippen LogP contribution in [0.5, 0.6) is 0 Å². The summed E-state index contributed by atoms with van der Waals surface area (Å²) in [4.78, 5) is 10.7. The second-order valence-electron chi connectivity index (χ2n) is 4.30. The molecule has 0 radical (unpaired) electrons. The molecule has 1 fully saturated rings. The van der Waals surface area contributed by atoms with Crippen molar-refractivity contribution in [2.75, 3.05) is 0 Å². The van der Waals surface area contributed by atoms with E-state index in [1.807, 2.05) is 0 Å². The van der Waals surface area contributed by atoms with Crippen LogP contribution in [0, 0.1) is 11.8 Å². The van der Waals surface area contributed by atoms with Gasteiger partial charge in [0.15, 0.2) is 0 Å². The molecule has 1 aromatic rings. The van der Waals surface area contributed by atoms with E-state index in [-0.39, 0.29) is 11.8 Å². The van der Waals surface area contributed by atoms with Crippen molar-refractivity contribution < 1.29 is 9.90 Å². The van der Waals surface area contributed by atoms with E-state index in [2.05, 4.69) is 0 Å². The van der Waals surface area contributed by atoms with Gasteiger partial charge in [-0.2, -0.15) is 0 Å². The van der Waals surface area contributed by atoms with Gasteiger partial charge in [0.05, 0.1) is 16.0 Å². The number of rotatable bonds is 4. The van der Waals surface area contributed by atoms with Gasteiger partial charge in [-0.1, -0.05) is 34.8 Å². The maximum Gasteiger partial charge on any atom is 0.306 e. The van der Waals surface area contributed by atoms with Gasteiger partial charge in [-0.3, -0.25) is 4.79 Å².